The Hall–Kier alpha value is -2.87. The fourth-order valence-electron chi connectivity index (χ4n) is 4.13. The van der Waals surface area contributed by atoms with Crippen LogP contribution in [-0.4, -0.2) is 5.84 Å². The number of nitrogens with one attached hydrogen (secondary N) is 1. The molecule has 2 atom stereocenters. The van der Waals surface area contributed by atoms with Gasteiger partial charge in [0, 0.05) is 6.42 Å². The van der Waals surface area contributed by atoms with Crippen molar-refractivity contribution in [1.82, 2.24) is 5.32 Å². The molecular weight excluding hydrogens is 328 g/mol. The highest BCUT2D eigenvalue weighted by Crippen LogP contribution is 2.36. The molecule has 3 aromatic rings. The molecule has 0 radical (unpaired) electrons. The minimum atomic E-state index is 0.106. The smallest absolute Gasteiger partial charge is 0.102 e. The van der Waals surface area contributed by atoms with Crippen LogP contribution in [0.1, 0.15) is 45.5 Å². The summed E-state index contributed by atoms with van der Waals surface area (Å²) >= 11 is 0. The molecule has 0 fully saturated rings. The van der Waals surface area contributed by atoms with E-state index in [9.17, 15) is 0 Å². The van der Waals surface area contributed by atoms with Crippen molar-refractivity contribution in [1.29, 1.82) is 0 Å². The van der Waals surface area contributed by atoms with Crippen molar-refractivity contribution < 1.29 is 0 Å². The first kappa shape index (κ1) is 17.5. The van der Waals surface area contributed by atoms with Crippen LogP contribution in [0.4, 0.5) is 0 Å². The van der Waals surface area contributed by atoms with Crippen molar-refractivity contribution in [2.24, 2.45) is 4.99 Å². The lowest BCUT2D eigenvalue weighted by atomic mass is 9.95. The van der Waals surface area contributed by atoms with E-state index >= 15 is 0 Å². The average Bonchev–Trinajstić information content (AvgIpc) is 3.10. The molecule has 1 aliphatic rings. The van der Waals surface area contributed by atoms with Crippen LogP contribution in [0, 0.1) is 20.8 Å². The zero-order valence-corrected chi connectivity index (χ0v) is 16.2. The van der Waals surface area contributed by atoms with Gasteiger partial charge in [-0.2, -0.15) is 0 Å². The molecular formula is C25H26N2. The molecule has 0 aliphatic carbocycles. The monoisotopic (exact) mass is 354 g/mol. The molecule has 0 unspecified atom stereocenters. The number of hydrogen-bond acceptors (Lipinski definition) is 2. The van der Waals surface area contributed by atoms with E-state index in [1.807, 2.05) is 0 Å². The van der Waals surface area contributed by atoms with E-state index in [0.29, 0.717) is 0 Å². The molecule has 0 amide bonds. The highest BCUT2D eigenvalue weighted by atomic mass is 15.1. The van der Waals surface area contributed by atoms with E-state index in [1.165, 1.54) is 33.4 Å². The largest absolute Gasteiger partial charge is 0.364 e. The van der Waals surface area contributed by atoms with Crippen LogP contribution in [0.5, 0.6) is 0 Å². The lowest BCUT2D eigenvalue weighted by molar-refractivity contribution is 0.572. The van der Waals surface area contributed by atoms with Crippen LogP contribution in [0.25, 0.3) is 0 Å². The molecule has 2 heteroatoms. The molecule has 0 saturated heterocycles. The molecule has 1 aliphatic heterocycles. The minimum absolute atomic E-state index is 0.106. The maximum absolute atomic E-state index is 5.12. The zero-order chi connectivity index (χ0) is 18.8. The van der Waals surface area contributed by atoms with Gasteiger partial charge in [-0.3, -0.25) is 4.99 Å². The summed E-state index contributed by atoms with van der Waals surface area (Å²) in [5.74, 6) is 1.08. The van der Waals surface area contributed by atoms with Gasteiger partial charge in [0.05, 0.1) is 6.04 Å². The molecule has 0 spiro atoms. The number of hydrogen-bond donors (Lipinski definition) is 1. The Labute approximate surface area is 162 Å². The third kappa shape index (κ3) is 3.66. The van der Waals surface area contributed by atoms with E-state index in [2.05, 4.69) is 98.9 Å². The summed E-state index contributed by atoms with van der Waals surface area (Å²) in [6, 6.07) is 26.1. The van der Waals surface area contributed by atoms with Gasteiger partial charge >= 0.3 is 0 Å². The summed E-state index contributed by atoms with van der Waals surface area (Å²) in [7, 11) is 0. The van der Waals surface area contributed by atoms with Crippen molar-refractivity contribution >= 4 is 5.84 Å². The number of aliphatic imine (C=N–C) groups is 1. The van der Waals surface area contributed by atoms with Gasteiger partial charge in [-0.1, -0.05) is 78.4 Å². The van der Waals surface area contributed by atoms with Gasteiger partial charge in [-0.15, -0.1) is 0 Å². The van der Waals surface area contributed by atoms with Crippen molar-refractivity contribution in [2.45, 2.75) is 39.3 Å². The Morgan fingerprint density at radius 3 is 1.93 bits per heavy atom. The molecule has 3 aromatic carbocycles. The van der Waals surface area contributed by atoms with Crippen LogP contribution in [0.2, 0.25) is 0 Å². The number of rotatable bonds is 4. The van der Waals surface area contributed by atoms with Crippen molar-refractivity contribution in [3.8, 4) is 0 Å². The highest BCUT2D eigenvalue weighted by Gasteiger charge is 2.31. The van der Waals surface area contributed by atoms with Gasteiger partial charge in [0.1, 0.15) is 11.9 Å². The summed E-state index contributed by atoms with van der Waals surface area (Å²) in [5.41, 5.74) is 7.92. The van der Waals surface area contributed by atoms with E-state index in [1.54, 1.807) is 0 Å². The molecule has 1 heterocycles. The van der Waals surface area contributed by atoms with Crippen molar-refractivity contribution in [3.63, 3.8) is 0 Å². The third-order valence-electron chi connectivity index (χ3n) is 5.42. The Bertz CT molecular complexity index is 935. The SMILES string of the molecule is Cc1cc(C)c(CC2=N[C@H](c3ccccc3)[C@H](c3ccccc3)N2)c(C)c1. The quantitative estimate of drug-likeness (QED) is 0.644. The van der Waals surface area contributed by atoms with Gasteiger partial charge in [0.2, 0.25) is 0 Å². The maximum atomic E-state index is 5.12. The first-order valence-corrected chi connectivity index (χ1v) is 9.61. The molecule has 4 rings (SSSR count). The van der Waals surface area contributed by atoms with Crippen LogP contribution in [0.3, 0.4) is 0 Å². The predicted octanol–water partition coefficient (Wildman–Crippen LogP) is 5.64. The zero-order valence-electron chi connectivity index (χ0n) is 16.2. The highest BCUT2D eigenvalue weighted by molar-refractivity contribution is 5.87. The normalized spacial score (nSPS) is 18.9. The Kier molecular flexibility index (Phi) is 4.81. The lowest BCUT2D eigenvalue weighted by Gasteiger charge is -2.20. The van der Waals surface area contributed by atoms with Crippen LogP contribution < -0.4 is 5.32 Å². The number of aryl methyl sites for hydroxylation is 3. The number of nitrogens with zero attached hydrogens (tertiary/aromatic N) is 1. The van der Waals surface area contributed by atoms with Crippen molar-refractivity contribution in [3.05, 3.63) is 106 Å². The third-order valence-corrected chi connectivity index (χ3v) is 5.42. The van der Waals surface area contributed by atoms with E-state index < -0.39 is 0 Å². The fraction of sp³-hybridized carbons (Fsp3) is 0.240. The lowest BCUT2D eigenvalue weighted by Crippen LogP contribution is -2.26. The summed E-state index contributed by atoms with van der Waals surface area (Å²) in [5, 5.41) is 3.72. The summed E-state index contributed by atoms with van der Waals surface area (Å²) in [6.07, 6.45) is 0.852. The second-order valence-electron chi connectivity index (χ2n) is 7.52. The summed E-state index contributed by atoms with van der Waals surface area (Å²) in [6.45, 7) is 6.56. The van der Waals surface area contributed by atoms with Gasteiger partial charge in [-0.05, 0) is 48.6 Å². The molecule has 2 nitrogen and oxygen atoms in total. The molecule has 1 N–H and O–H groups in total. The average molecular weight is 354 g/mol. The van der Waals surface area contributed by atoms with Gasteiger partial charge in [0.15, 0.2) is 0 Å². The number of benzene rings is 3. The van der Waals surface area contributed by atoms with Gasteiger partial charge in [0.25, 0.3) is 0 Å². The molecule has 27 heavy (non-hydrogen) atoms. The summed E-state index contributed by atoms with van der Waals surface area (Å²) < 4.78 is 0. The van der Waals surface area contributed by atoms with Crippen LogP contribution >= 0.6 is 0 Å². The van der Waals surface area contributed by atoms with Crippen LogP contribution in [0.15, 0.2) is 77.8 Å². The van der Waals surface area contributed by atoms with Crippen LogP contribution in [-0.2, 0) is 6.42 Å². The van der Waals surface area contributed by atoms with E-state index in [0.717, 1.165) is 12.3 Å². The number of amidine groups is 1. The van der Waals surface area contributed by atoms with E-state index in [-0.39, 0.29) is 12.1 Å². The fourth-order valence-corrected chi connectivity index (χ4v) is 4.13. The predicted molar refractivity (Wildman–Crippen MR) is 113 cm³/mol. The summed E-state index contributed by atoms with van der Waals surface area (Å²) in [4.78, 5) is 5.12. The first-order valence-electron chi connectivity index (χ1n) is 9.61. The second-order valence-corrected chi connectivity index (χ2v) is 7.52. The Morgan fingerprint density at radius 1 is 0.778 bits per heavy atom. The van der Waals surface area contributed by atoms with Gasteiger partial charge in [-0.25, -0.2) is 0 Å². The first-order chi connectivity index (χ1) is 13.1. The van der Waals surface area contributed by atoms with Gasteiger partial charge < -0.3 is 5.32 Å². The Balaban J connectivity index is 1.68. The Morgan fingerprint density at radius 2 is 1.33 bits per heavy atom. The second kappa shape index (κ2) is 7.40. The standard InChI is InChI=1S/C25H26N2/c1-17-14-18(2)22(19(3)15-17)16-23-26-24(20-10-6-4-7-11-20)25(27-23)21-12-8-5-9-13-21/h4-15,24-25H,16H2,1-3H3,(H,26,27)/t24-,25+. The van der Waals surface area contributed by atoms with E-state index in [4.69, 9.17) is 4.99 Å². The molecule has 0 aromatic heterocycles. The minimum Gasteiger partial charge on any atom is -0.364 e. The molecule has 0 bridgehead atoms. The van der Waals surface area contributed by atoms with Crippen molar-refractivity contribution in [2.75, 3.05) is 0 Å². The molecule has 136 valence electrons. The molecule has 0 saturated carbocycles. The maximum Gasteiger partial charge on any atom is 0.102 e. The topological polar surface area (TPSA) is 24.4 Å².